The molecule has 1 aromatic rings. The van der Waals surface area contributed by atoms with E-state index in [1.807, 2.05) is 17.0 Å². The number of carbonyl (C=O) groups is 1. The van der Waals surface area contributed by atoms with Crippen molar-refractivity contribution in [3.8, 4) is 5.75 Å². The summed E-state index contributed by atoms with van der Waals surface area (Å²) in [6, 6.07) is 4.48. The maximum Gasteiger partial charge on any atom is 0.219 e. The van der Waals surface area contributed by atoms with Crippen LogP contribution in [0.3, 0.4) is 0 Å². The first kappa shape index (κ1) is 15.6. The number of hydrogen-bond donors (Lipinski definition) is 1. The zero-order valence-electron chi connectivity index (χ0n) is 13.2. The van der Waals surface area contributed by atoms with Gasteiger partial charge in [-0.1, -0.05) is 11.6 Å². The molecule has 4 nitrogen and oxygen atoms in total. The third kappa shape index (κ3) is 2.95. The number of benzene rings is 1. The fourth-order valence-electron chi connectivity index (χ4n) is 3.70. The van der Waals surface area contributed by atoms with Crippen LogP contribution < -0.4 is 10.1 Å². The van der Waals surface area contributed by atoms with Gasteiger partial charge in [-0.25, -0.2) is 0 Å². The number of hydrogen-bond acceptors (Lipinski definition) is 3. The van der Waals surface area contributed by atoms with Crippen LogP contribution in [0.5, 0.6) is 5.75 Å². The van der Waals surface area contributed by atoms with Gasteiger partial charge < -0.3 is 15.0 Å². The monoisotopic (exact) mass is 322 g/mol. The lowest BCUT2D eigenvalue weighted by Gasteiger charge is -2.31. The summed E-state index contributed by atoms with van der Waals surface area (Å²) in [5.74, 6) is 1.09. The average Bonchev–Trinajstić information content (AvgIpc) is 2.97. The van der Waals surface area contributed by atoms with E-state index in [1.54, 1.807) is 14.0 Å². The number of ether oxygens (including phenoxy) is 1. The molecule has 0 aromatic heterocycles. The second-order valence-corrected chi connectivity index (χ2v) is 6.61. The molecule has 0 radical (unpaired) electrons. The van der Waals surface area contributed by atoms with E-state index >= 15 is 0 Å². The van der Waals surface area contributed by atoms with Crippen LogP contribution in [0, 0.1) is 0 Å². The lowest BCUT2D eigenvalue weighted by Crippen LogP contribution is -2.37. The maximum absolute atomic E-state index is 11.5. The number of carbonyl (C=O) groups excluding carboxylic acids is 1. The molecule has 1 amide bonds. The number of methoxy groups -OCH3 is 1. The molecule has 0 spiro atoms. The highest BCUT2D eigenvalue weighted by Gasteiger charge is 2.30. The Hall–Kier alpha value is -1.26. The molecule has 2 atom stereocenters. The molecular formula is C17H23ClN2O2. The molecule has 1 N–H and O–H groups in total. The van der Waals surface area contributed by atoms with Gasteiger partial charge in [0.15, 0.2) is 0 Å². The molecule has 0 bridgehead atoms. The molecule has 1 fully saturated rings. The smallest absolute Gasteiger partial charge is 0.219 e. The molecule has 5 heteroatoms. The number of nitrogens with one attached hydrogen (secondary N) is 1. The van der Waals surface area contributed by atoms with Crippen LogP contribution in [0.4, 0.5) is 0 Å². The standard InChI is InChI=1S/C17H23ClN2O2/c1-11(21)20-9-8-12(10-20)19-15-5-3-4-13-16(22-2)7-6-14(18)17(13)15/h6-7,12,15,19H,3-5,8-10H2,1-2H3/t12-,15?/m1/s1. The molecule has 0 saturated carbocycles. The van der Waals surface area contributed by atoms with Gasteiger partial charge in [0.2, 0.25) is 5.91 Å². The normalized spacial score (nSPS) is 24.2. The number of halogens is 1. The average molecular weight is 323 g/mol. The van der Waals surface area contributed by atoms with Crippen LogP contribution in [-0.2, 0) is 11.2 Å². The summed E-state index contributed by atoms with van der Waals surface area (Å²) in [5.41, 5.74) is 2.42. The van der Waals surface area contributed by atoms with Crippen molar-refractivity contribution in [1.82, 2.24) is 10.2 Å². The molecule has 1 saturated heterocycles. The van der Waals surface area contributed by atoms with E-state index in [1.165, 1.54) is 11.1 Å². The molecule has 1 aliphatic carbocycles. The molecule has 1 aromatic carbocycles. The van der Waals surface area contributed by atoms with Gasteiger partial charge in [0, 0.05) is 42.7 Å². The second-order valence-electron chi connectivity index (χ2n) is 6.20. The van der Waals surface area contributed by atoms with Crippen molar-refractivity contribution >= 4 is 17.5 Å². The molecule has 2 aliphatic rings. The quantitative estimate of drug-likeness (QED) is 0.930. The van der Waals surface area contributed by atoms with Crippen molar-refractivity contribution in [1.29, 1.82) is 0 Å². The largest absolute Gasteiger partial charge is 0.496 e. The van der Waals surface area contributed by atoms with Gasteiger partial charge in [-0.05, 0) is 43.4 Å². The van der Waals surface area contributed by atoms with Crippen molar-refractivity contribution in [3.63, 3.8) is 0 Å². The summed E-state index contributed by atoms with van der Waals surface area (Å²) >= 11 is 6.47. The lowest BCUT2D eigenvalue weighted by molar-refractivity contribution is -0.127. The fraction of sp³-hybridized carbons (Fsp3) is 0.588. The van der Waals surface area contributed by atoms with E-state index in [0.29, 0.717) is 6.04 Å². The minimum Gasteiger partial charge on any atom is -0.496 e. The number of amides is 1. The highest BCUT2D eigenvalue weighted by Crippen LogP contribution is 2.40. The van der Waals surface area contributed by atoms with Gasteiger partial charge in [-0.15, -0.1) is 0 Å². The van der Waals surface area contributed by atoms with Crippen LogP contribution in [0.15, 0.2) is 12.1 Å². The zero-order valence-corrected chi connectivity index (χ0v) is 13.9. The van der Waals surface area contributed by atoms with E-state index in [2.05, 4.69) is 5.32 Å². The minimum absolute atomic E-state index is 0.160. The van der Waals surface area contributed by atoms with Crippen molar-refractivity contribution in [2.45, 2.75) is 44.7 Å². The molecule has 3 rings (SSSR count). The van der Waals surface area contributed by atoms with E-state index in [4.69, 9.17) is 16.3 Å². The third-order valence-corrected chi connectivity index (χ3v) is 5.15. The summed E-state index contributed by atoms with van der Waals surface area (Å²) in [4.78, 5) is 13.4. The van der Waals surface area contributed by atoms with Crippen molar-refractivity contribution in [2.24, 2.45) is 0 Å². The van der Waals surface area contributed by atoms with E-state index in [9.17, 15) is 4.79 Å². The van der Waals surface area contributed by atoms with Crippen LogP contribution >= 0.6 is 11.6 Å². The number of likely N-dealkylation sites (tertiary alicyclic amines) is 1. The zero-order chi connectivity index (χ0) is 15.7. The molecule has 1 heterocycles. The van der Waals surface area contributed by atoms with Crippen molar-refractivity contribution < 1.29 is 9.53 Å². The van der Waals surface area contributed by atoms with Gasteiger partial charge in [0.1, 0.15) is 5.75 Å². The summed E-state index contributed by atoms with van der Waals surface area (Å²) < 4.78 is 5.50. The Labute approximate surface area is 136 Å². The Morgan fingerprint density at radius 2 is 2.23 bits per heavy atom. The number of fused-ring (bicyclic) bond motifs is 1. The molecule has 1 aliphatic heterocycles. The summed E-state index contributed by atoms with van der Waals surface area (Å²) in [5, 5.41) is 4.53. The number of rotatable bonds is 3. The van der Waals surface area contributed by atoms with Gasteiger partial charge in [0.25, 0.3) is 0 Å². The van der Waals surface area contributed by atoms with E-state index < -0.39 is 0 Å². The molecular weight excluding hydrogens is 300 g/mol. The topological polar surface area (TPSA) is 41.6 Å². The van der Waals surface area contributed by atoms with Crippen LogP contribution in [0.1, 0.15) is 43.4 Å². The van der Waals surface area contributed by atoms with Crippen LogP contribution in [0.2, 0.25) is 5.02 Å². The first-order valence-electron chi connectivity index (χ1n) is 7.97. The number of nitrogens with zero attached hydrogens (tertiary/aromatic N) is 1. The summed E-state index contributed by atoms with van der Waals surface area (Å²) in [6.45, 7) is 3.28. The van der Waals surface area contributed by atoms with Gasteiger partial charge in [-0.3, -0.25) is 4.79 Å². The Balaban J connectivity index is 1.79. The summed E-state index contributed by atoms with van der Waals surface area (Å²) in [7, 11) is 1.71. The summed E-state index contributed by atoms with van der Waals surface area (Å²) in [6.07, 6.45) is 4.23. The Bertz CT molecular complexity index is 576. The van der Waals surface area contributed by atoms with E-state index in [0.717, 1.165) is 49.5 Å². The Morgan fingerprint density at radius 1 is 1.41 bits per heavy atom. The Morgan fingerprint density at radius 3 is 2.91 bits per heavy atom. The second kappa shape index (κ2) is 6.47. The van der Waals surface area contributed by atoms with Gasteiger partial charge in [-0.2, -0.15) is 0 Å². The fourth-order valence-corrected chi connectivity index (χ4v) is 4.01. The third-order valence-electron chi connectivity index (χ3n) is 4.82. The first-order valence-corrected chi connectivity index (χ1v) is 8.34. The highest BCUT2D eigenvalue weighted by molar-refractivity contribution is 6.31. The molecule has 22 heavy (non-hydrogen) atoms. The van der Waals surface area contributed by atoms with Crippen LogP contribution in [-0.4, -0.2) is 37.0 Å². The predicted octanol–water partition coefficient (Wildman–Crippen LogP) is 2.94. The van der Waals surface area contributed by atoms with E-state index in [-0.39, 0.29) is 11.9 Å². The predicted molar refractivity (Wildman–Crippen MR) is 87.5 cm³/mol. The SMILES string of the molecule is COc1ccc(Cl)c2c1CCCC2N[C@@H]1CCN(C(C)=O)C1. The Kier molecular flexibility index (Phi) is 4.59. The molecule has 120 valence electrons. The maximum atomic E-state index is 11.5. The van der Waals surface area contributed by atoms with Gasteiger partial charge in [0.05, 0.1) is 7.11 Å². The lowest BCUT2D eigenvalue weighted by atomic mass is 9.86. The van der Waals surface area contributed by atoms with Gasteiger partial charge >= 0.3 is 0 Å². The molecule has 1 unspecified atom stereocenters. The van der Waals surface area contributed by atoms with Crippen LogP contribution in [0.25, 0.3) is 0 Å². The first-order chi connectivity index (χ1) is 10.6. The minimum atomic E-state index is 0.160. The van der Waals surface area contributed by atoms with Crippen molar-refractivity contribution in [2.75, 3.05) is 20.2 Å². The van der Waals surface area contributed by atoms with Crippen molar-refractivity contribution in [3.05, 3.63) is 28.3 Å². The highest BCUT2D eigenvalue weighted by atomic mass is 35.5.